The molecule has 4 heteroatoms. The molecule has 0 atom stereocenters. The summed E-state index contributed by atoms with van der Waals surface area (Å²) >= 11 is 0. The van der Waals surface area contributed by atoms with Gasteiger partial charge in [0.25, 0.3) is 0 Å². The smallest absolute Gasteiger partial charge is 0.0648 e. The summed E-state index contributed by atoms with van der Waals surface area (Å²) in [5.41, 5.74) is 7.61. The van der Waals surface area contributed by atoms with E-state index in [2.05, 4.69) is 68.1 Å². The second-order valence-corrected chi connectivity index (χ2v) is 6.73. The highest BCUT2D eigenvalue weighted by Gasteiger charge is 2.20. The molecule has 0 unspecified atom stereocenters. The van der Waals surface area contributed by atoms with Crippen LogP contribution in [0.4, 0.5) is 0 Å². The number of aromatic nitrogens is 4. The molecule has 0 saturated heterocycles. The third-order valence-electron chi connectivity index (χ3n) is 5.17. The maximum Gasteiger partial charge on any atom is 0.0648 e. The zero-order valence-electron chi connectivity index (χ0n) is 14.5. The van der Waals surface area contributed by atoms with Gasteiger partial charge in [0.15, 0.2) is 0 Å². The number of hydrogen-bond donors (Lipinski definition) is 0. The fourth-order valence-electron chi connectivity index (χ4n) is 3.86. The van der Waals surface area contributed by atoms with Gasteiger partial charge in [0.05, 0.1) is 23.8 Å². The van der Waals surface area contributed by atoms with Crippen molar-refractivity contribution in [2.75, 3.05) is 0 Å². The molecule has 1 aliphatic carbocycles. The monoisotopic (exact) mass is 340 g/mol. The van der Waals surface area contributed by atoms with E-state index in [4.69, 9.17) is 0 Å². The van der Waals surface area contributed by atoms with Crippen molar-refractivity contribution in [2.45, 2.75) is 25.7 Å². The van der Waals surface area contributed by atoms with Crippen molar-refractivity contribution in [3.63, 3.8) is 0 Å². The fourth-order valence-corrected chi connectivity index (χ4v) is 3.86. The third kappa shape index (κ3) is 2.54. The van der Waals surface area contributed by atoms with Crippen LogP contribution in [0.25, 0.3) is 11.4 Å². The van der Waals surface area contributed by atoms with Crippen LogP contribution in [-0.4, -0.2) is 19.6 Å². The quantitative estimate of drug-likeness (QED) is 0.554. The summed E-state index contributed by atoms with van der Waals surface area (Å²) in [7, 11) is 0. The molecule has 128 valence electrons. The van der Waals surface area contributed by atoms with Gasteiger partial charge in [-0.2, -0.15) is 10.2 Å². The van der Waals surface area contributed by atoms with Crippen molar-refractivity contribution < 1.29 is 0 Å². The van der Waals surface area contributed by atoms with E-state index in [9.17, 15) is 0 Å². The van der Waals surface area contributed by atoms with E-state index in [1.807, 2.05) is 24.5 Å². The number of hydrogen-bond acceptors (Lipinski definition) is 2. The Balaban J connectivity index is 1.52. The van der Waals surface area contributed by atoms with E-state index in [1.165, 1.54) is 22.5 Å². The minimum atomic E-state index is 0.968. The number of rotatable bonds is 2. The largest absolute Gasteiger partial charge is 0.238 e. The van der Waals surface area contributed by atoms with Gasteiger partial charge < -0.3 is 0 Å². The lowest BCUT2D eigenvalue weighted by molar-refractivity contribution is 0.721. The maximum atomic E-state index is 4.67. The molecule has 1 aliphatic rings. The molecule has 4 nitrogen and oxygen atoms in total. The molecule has 0 fully saturated rings. The maximum absolute atomic E-state index is 4.67. The average Bonchev–Trinajstić information content (AvgIpc) is 3.27. The second kappa shape index (κ2) is 6.30. The van der Waals surface area contributed by atoms with Crippen LogP contribution in [0.3, 0.4) is 0 Å². The summed E-state index contributed by atoms with van der Waals surface area (Å²) in [4.78, 5) is 0. The predicted molar refractivity (Wildman–Crippen MR) is 102 cm³/mol. The van der Waals surface area contributed by atoms with Gasteiger partial charge in [-0.15, -0.1) is 0 Å². The van der Waals surface area contributed by atoms with E-state index in [1.54, 1.807) is 0 Å². The van der Waals surface area contributed by atoms with Crippen molar-refractivity contribution in [1.82, 2.24) is 19.6 Å². The van der Waals surface area contributed by atoms with Gasteiger partial charge in [-0.1, -0.05) is 36.4 Å². The molecule has 0 spiro atoms. The van der Waals surface area contributed by atoms with E-state index in [0.29, 0.717) is 0 Å². The Hall–Kier alpha value is -3.14. The summed E-state index contributed by atoms with van der Waals surface area (Å²) in [6.45, 7) is 0. The molecule has 0 aliphatic heterocycles. The molecule has 0 bridgehead atoms. The van der Waals surface area contributed by atoms with Crippen LogP contribution in [0, 0.1) is 0 Å². The average molecular weight is 340 g/mol. The first kappa shape index (κ1) is 15.1. The molecule has 2 aromatic heterocycles. The molecular weight excluding hydrogens is 320 g/mol. The SMILES string of the molecule is c1ccc(-n2ncc3c2CCc2c(cnn2-c2ccccc2)CC3)cc1. The van der Waals surface area contributed by atoms with Crippen molar-refractivity contribution in [1.29, 1.82) is 0 Å². The minimum absolute atomic E-state index is 0.968. The van der Waals surface area contributed by atoms with Gasteiger partial charge in [-0.25, -0.2) is 9.36 Å². The van der Waals surface area contributed by atoms with Crippen LogP contribution < -0.4 is 0 Å². The van der Waals surface area contributed by atoms with E-state index >= 15 is 0 Å². The Kier molecular flexibility index (Phi) is 3.67. The molecule has 0 amide bonds. The number of aryl methyl sites for hydroxylation is 2. The lowest BCUT2D eigenvalue weighted by atomic mass is 9.97. The summed E-state index contributed by atoms with van der Waals surface area (Å²) in [5, 5.41) is 9.35. The summed E-state index contributed by atoms with van der Waals surface area (Å²) in [6.07, 6.45) is 8.03. The van der Waals surface area contributed by atoms with Crippen LogP contribution in [0.5, 0.6) is 0 Å². The molecule has 0 saturated carbocycles. The van der Waals surface area contributed by atoms with Crippen LogP contribution in [0.15, 0.2) is 73.1 Å². The van der Waals surface area contributed by atoms with Crippen molar-refractivity contribution in [3.8, 4) is 11.4 Å². The van der Waals surface area contributed by atoms with E-state index in [0.717, 1.165) is 37.1 Å². The van der Waals surface area contributed by atoms with Crippen molar-refractivity contribution >= 4 is 0 Å². The topological polar surface area (TPSA) is 35.6 Å². The van der Waals surface area contributed by atoms with E-state index < -0.39 is 0 Å². The Labute approximate surface area is 152 Å². The number of nitrogens with zero attached hydrogens (tertiary/aromatic N) is 4. The molecule has 0 radical (unpaired) electrons. The van der Waals surface area contributed by atoms with Gasteiger partial charge >= 0.3 is 0 Å². The fraction of sp³-hybridized carbons (Fsp3) is 0.182. The van der Waals surface area contributed by atoms with Gasteiger partial charge in [0, 0.05) is 11.4 Å². The Morgan fingerprint density at radius 3 is 1.38 bits per heavy atom. The number of para-hydroxylation sites is 2. The second-order valence-electron chi connectivity index (χ2n) is 6.73. The third-order valence-corrected chi connectivity index (χ3v) is 5.17. The molecule has 26 heavy (non-hydrogen) atoms. The molecular formula is C22H20N4. The highest BCUT2D eigenvalue weighted by Crippen LogP contribution is 2.25. The van der Waals surface area contributed by atoms with Gasteiger partial charge in [-0.05, 0) is 61.1 Å². The van der Waals surface area contributed by atoms with Crippen LogP contribution in [0.1, 0.15) is 22.5 Å². The summed E-state index contributed by atoms with van der Waals surface area (Å²) in [6, 6.07) is 20.8. The molecule has 0 N–H and O–H groups in total. The van der Waals surface area contributed by atoms with Crippen molar-refractivity contribution in [2.24, 2.45) is 0 Å². The van der Waals surface area contributed by atoms with Crippen LogP contribution >= 0.6 is 0 Å². The summed E-state index contributed by atoms with van der Waals surface area (Å²) in [5.74, 6) is 0. The number of fused-ring (bicyclic) bond motifs is 2. The highest BCUT2D eigenvalue weighted by molar-refractivity contribution is 5.39. The molecule has 4 aromatic rings. The first-order valence-electron chi connectivity index (χ1n) is 9.12. The summed E-state index contributed by atoms with van der Waals surface area (Å²) < 4.78 is 4.20. The van der Waals surface area contributed by atoms with Gasteiger partial charge in [0.2, 0.25) is 0 Å². The first-order chi connectivity index (χ1) is 12.9. The highest BCUT2D eigenvalue weighted by atomic mass is 15.3. The zero-order valence-corrected chi connectivity index (χ0v) is 14.5. The Bertz CT molecular complexity index is 943. The Morgan fingerprint density at radius 2 is 0.962 bits per heavy atom. The predicted octanol–water partition coefficient (Wildman–Crippen LogP) is 3.94. The Morgan fingerprint density at radius 1 is 0.538 bits per heavy atom. The standard InChI is InChI=1S/C22H20N4/c1-3-7-19(8-4-1)25-21-13-14-22-18(12-11-17(21)15-23-25)16-24-26(22)20-9-5-2-6-10-20/h1-10,15-16H,11-14H2. The van der Waals surface area contributed by atoms with Crippen LogP contribution in [-0.2, 0) is 25.7 Å². The minimum Gasteiger partial charge on any atom is -0.238 e. The van der Waals surface area contributed by atoms with Gasteiger partial charge in [-0.3, -0.25) is 0 Å². The molecule has 2 aromatic carbocycles. The lowest BCUT2D eigenvalue weighted by Gasteiger charge is -2.15. The lowest BCUT2D eigenvalue weighted by Crippen LogP contribution is -2.12. The number of benzene rings is 2. The van der Waals surface area contributed by atoms with Crippen LogP contribution in [0.2, 0.25) is 0 Å². The molecule has 5 rings (SSSR count). The van der Waals surface area contributed by atoms with E-state index in [-0.39, 0.29) is 0 Å². The van der Waals surface area contributed by atoms with Crippen molar-refractivity contribution in [3.05, 3.63) is 95.6 Å². The normalized spacial score (nSPS) is 13.5. The first-order valence-corrected chi connectivity index (χ1v) is 9.12. The molecule has 2 heterocycles. The zero-order chi connectivity index (χ0) is 17.3. The van der Waals surface area contributed by atoms with Gasteiger partial charge in [0.1, 0.15) is 0 Å².